The van der Waals surface area contributed by atoms with Crippen molar-refractivity contribution in [3.63, 3.8) is 0 Å². The fourth-order valence-electron chi connectivity index (χ4n) is 4.19. The molecule has 7 nitrogen and oxygen atoms in total. The Balaban J connectivity index is 1.75. The van der Waals surface area contributed by atoms with E-state index in [2.05, 4.69) is 10.6 Å². The molecule has 2 N–H and O–H groups in total. The van der Waals surface area contributed by atoms with E-state index in [1.54, 1.807) is 36.4 Å². The Morgan fingerprint density at radius 3 is 2.21 bits per heavy atom. The largest absolute Gasteiger partial charge is 0.352 e. The first-order chi connectivity index (χ1) is 16.1. The van der Waals surface area contributed by atoms with Gasteiger partial charge in [-0.3, -0.25) is 9.59 Å². The van der Waals surface area contributed by atoms with E-state index in [1.807, 2.05) is 39.8 Å². The molecule has 3 rings (SSSR count). The monoisotopic (exact) mass is 485 g/mol. The maximum atomic E-state index is 13.1. The van der Waals surface area contributed by atoms with Crippen molar-refractivity contribution in [3.8, 4) is 0 Å². The zero-order chi connectivity index (χ0) is 24.9. The van der Waals surface area contributed by atoms with Gasteiger partial charge in [0.05, 0.1) is 4.90 Å². The molecule has 1 aliphatic rings. The van der Waals surface area contributed by atoms with Gasteiger partial charge >= 0.3 is 0 Å². The molecule has 1 fully saturated rings. The molecule has 0 saturated carbocycles. The van der Waals surface area contributed by atoms with Crippen LogP contribution in [0.3, 0.4) is 0 Å². The molecule has 34 heavy (non-hydrogen) atoms. The third-order valence-corrected chi connectivity index (χ3v) is 8.50. The number of aryl methyl sites for hydroxylation is 2. The van der Waals surface area contributed by atoms with E-state index in [9.17, 15) is 18.0 Å². The van der Waals surface area contributed by atoms with E-state index >= 15 is 0 Å². The summed E-state index contributed by atoms with van der Waals surface area (Å²) in [6.45, 7) is 8.28. The minimum absolute atomic E-state index is 0.0210. The summed E-state index contributed by atoms with van der Waals surface area (Å²) in [6.07, 6.45) is 1.74. The topological polar surface area (TPSA) is 95.6 Å². The van der Waals surface area contributed by atoms with Gasteiger partial charge in [-0.25, -0.2) is 8.42 Å². The van der Waals surface area contributed by atoms with E-state index in [-0.39, 0.29) is 28.7 Å². The van der Waals surface area contributed by atoms with Gasteiger partial charge in [-0.2, -0.15) is 4.31 Å². The molecule has 2 atom stereocenters. The average Bonchev–Trinajstić information content (AvgIpc) is 2.83. The Morgan fingerprint density at radius 1 is 1.00 bits per heavy atom. The first-order valence-corrected chi connectivity index (χ1v) is 13.3. The smallest absolute Gasteiger partial charge is 0.252 e. The van der Waals surface area contributed by atoms with Gasteiger partial charge in [0, 0.05) is 24.7 Å². The summed E-state index contributed by atoms with van der Waals surface area (Å²) in [5.41, 5.74) is 2.36. The maximum absolute atomic E-state index is 13.1. The van der Waals surface area contributed by atoms with Crippen LogP contribution in [0.25, 0.3) is 0 Å². The highest BCUT2D eigenvalue weighted by atomic mass is 32.2. The minimum Gasteiger partial charge on any atom is -0.352 e. The molecule has 2 aromatic carbocycles. The molecule has 0 radical (unpaired) electrons. The highest BCUT2D eigenvalue weighted by molar-refractivity contribution is 7.89. The molecule has 1 heterocycles. The average molecular weight is 486 g/mol. The summed E-state index contributed by atoms with van der Waals surface area (Å²) in [5, 5.41) is 5.93. The molecular formula is C26H35N3O4S. The SMILES string of the molecule is CCC(C)NC(=O)C(NC(=O)c1ccccc1C)C1CCN(S(=O)(=O)c2ccc(C)cc2)CC1. The van der Waals surface area contributed by atoms with Gasteiger partial charge in [-0.1, -0.05) is 42.8 Å². The third kappa shape index (κ3) is 6.04. The van der Waals surface area contributed by atoms with E-state index in [0.717, 1.165) is 17.5 Å². The predicted octanol–water partition coefficient (Wildman–Crippen LogP) is 3.42. The Labute approximate surface area is 203 Å². The maximum Gasteiger partial charge on any atom is 0.252 e. The quantitative estimate of drug-likeness (QED) is 0.599. The van der Waals surface area contributed by atoms with Crippen molar-refractivity contribution in [2.45, 2.75) is 63.9 Å². The summed E-state index contributed by atoms with van der Waals surface area (Å²) in [6, 6.07) is 13.3. The lowest BCUT2D eigenvalue weighted by molar-refractivity contribution is -0.125. The van der Waals surface area contributed by atoms with Gasteiger partial charge < -0.3 is 10.6 Å². The Hall–Kier alpha value is -2.71. The first-order valence-electron chi connectivity index (χ1n) is 11.9. The van der Waals surface area contributed by atoms with Crippen molar-refractivity contribution in [1.29, 1.82) is 0 Å². The lowest BCUT2D eigenvalue weighted by Gasteiger charge is -2.35. The first kappa shape index (κ1) is 25.9. The summed E-state index contributed by atoms with van der Waals surface area (Å²) in [5.74, 6) is -0.685. The zero-order valence-electron chi connectivity index (χ0n) is 20.4. The number of rotatable bonds is 8. The van der Waals surface area contributed by atoms with Crippen LogP contribution >= 0.6 is 0 Å². The molecule has 2 unspecified atom stereocenters. The molecule has 0 aliphatic carbocycles. The normalized spacial score (nSPS) is 17.1. The van der Waals surface area contributed by atoms with Gasteiger partial charge in [0.15, 0.2) is 0 Å². The van der Waals surface area contributed by atoms with Crippen LogP contribution in [-0.2, 0) is 14.8 Å². The summed E-state index contributed by atoms with van der Waals surface area (Å²) in [4.78, 5) is 26.4. The molecule has 0 aromatic heterocycles. The fourth-order valence-corrected chi connectivity index (χ4v) is 5.66. The molecule has 0 spiro atoms. The van der Waals surface area contributed by atoms with Crippen molar-refractivity contribution in [1.82, 2.24) is 14.9 Å². The number of piperidine rings is 1. The molecule has 184 valence electrons. The van der Waals surface area contributed by atoms with Crippen molar-refractivity contribution >= 4 is 21.8 Å². The molecule has 2 amide bonds. The second-order valence-electron chi connectivity index (χ2n) is 9.14. The third-order valence-electron chi connectivity index (χ3n) is 6.59. The van der Waals surface area contributed by atoms with E-state index in [1.165, 1.54) is 4.31 Å². The summed E-state index contributed by atoms with van der Waals surface area (Å²) < 4.78 is 27.6. The number of hydrogen-bond donors (Lipinski definition) is 2. The number of carbonyl (C=O) groups excluding carboxylic acids is 2. The van der Waals surface area contributed by atoms with Gasteiger partial charge in [0.2, 0.25) is 15.9 Å². The second-order valence-corrected chi connectivity index (χ2v) is 11.1. The number of amides is 2. The van der Waals surface area contributed by atoms with Crippen LogP contribution in [0, 0.1) is 19.8 Å². The highest BCUT2D eigenvalue weighted by Gasteiger charge is 2.36. The second kappa shape index (κ2) is 11.1. The zero-order valence-corrected chi connectivity index (χ0v) is 21.2. The van der Waals surface area contributed by atoms with Crippen LogP contribution in [0.4, 0.5) is 0 Å². The van der Waals surface area contributed by atoms with Gasteiger partial charge in [-0.05, 0) is 69.7 Å². The number of hydrogen-bond acceptors (Lipinski definition) is 4. The van der Waals surface area contributed by atoms with Crippen molar-refractivity contribution in [2.24, 2.45) is 5.92 Å². The van der Waals surface area contributed by atoms with Crippen LogP contribution in [0.2, 0.25) is 0 Å². The molecule has 1 aliphatic heterocycles. The minimum atomic E-state index is -3.60. The fraction of sp³-hybridized carbons (Fsp3) is 0.462. The standard InChI is InChI=1S/C26H35N3O4S/c1-5-20(4)27-26(31)24(28-25(30)23-9-7-6-8-19(23)3)21-14-16-29(17-15-21)34(32,33)22-12-10-18(2)11-13-22/h6-13,20-21,24H,5,14-17H2,1-4H3,(H,27,31)(H,28,30). The van der Waals surface area contributed by atoms with Crippen molar-refractivity contribution < 1.29 is 18.0 Å². The van der Waals surface area contributed by atoms with Crippen LogP contribution in [0.1, 0.15) is 54.6 Å². The van der Waals surface area contributed by atoms with Gasteiger partial charge in [0.1, 0.15) is 6.04 Å². The van der Waals surface area contributed by atoms with Gasteiger partial charge in [0.25, 0.3) is 5.91 Å². The van der Waals surface area contributed by atoms with Crippen LogP contribution < -0.4 is 10.6 Å². The number of nitrogens with one attached hydrogen (secondary N) is 2. The van der Waals surface area contributed by atoms with E-state index in [4.69, 9.17) is 0 Å². The Bertz CT molecular complexity index is 1110. The lowest BCUT2D eigenvalue weighted by Crippen LogP contribution is -2.55. The van der Waals surface area contributed by atoms with Gasteiger partial charge in [-0.15, -0.1) is 0 Å². The van der Waals surface area contributed by atoms with E-state index < -0.39 is 16.1 Å². The van der Waals surface area contributed by atoms with Crippen molar-refractivity contribution in [2.75, 3.05) is 13.1 Å². The number of benzene rings is 2. The molecule has 2 aromatic rings. The predicted molar refractivity (Wildman–Crippen MR) is 133 cm³/mol. The lowest BCUT2D eigenvalue weighted by atomic mass is 9.89. The van der Waals surface area contributed by atoms with Crippen LogP contribution in [-0.4, -0.2) is 49.7 Å². The van der Waals surface area contributed by atoms with Crippen LogP contribution in [0.15, 0.2) is 53.4 Å². The highest BCUT2D eigenvalue weighted by Crippen LogP contribution is 2.26. The molecular weight excluding hydrogens is 450 g/mol. The molecule has 8 heteroatoms. The van der Waals surface area contributed by atoms with Crippen LogP contribution in [0.5, 0.6) is 0 Å². The Kier molecular flexibility index (Phi) is 8.49. The number of nitrogens with zero attached hydrogens (tertiary/aromatic N) is 1. The number of carbonyl (C=O) groups is 2. The summed E-state index contributed by atoms with van der Waals surface area (Å²) >= 11 is 0. The number of sulfonamides is 1. The van der Waals surface area contributed by atoms with Crippen molar-refractivity contribution in [3.05, 3.63) is 65.2 Å². The van der Waals surface area contributed by atoms with E-state index in [0.29, 0.717) is 31.5 Å². The molecule has 1 saturated heterocycles. The molecule has 0 bridgehead atoms. The summed E-state index contributed by atoms with van der Waals surface area (Å²) in [7, 11) is -3.60. The Morgan fingerprint density at radius 2 is 1.62 bits per heavy atom.